The number of benzene rings is 1. The van der Waals surface area contributed by atoms with Crippen LogP contribution in [0, 0.1) is 0 Å². The number of carbonyl (C=O) groups is 2. The van der Waals surface area contributed by atoms with Crippen molar-refractivity contribution in [2.24, 2.45) is 0 Å². The SMILES string of the molecule is Nc1c(C(=O)NCc2ccccc2)nsc1C(=O)NC1CCCCCC1. The summed E-state index contributed by atoms with van der Waals surface area (Å²) in [6.45, 7) is 0.389. The highest BCUT2D eigenvalue weighted by Gasteiger charge is 2.24. The van der Waals surface area contributed by atoms with E-state index in [1.165, 1.54) is 12.8 Å². The summed E-state index contributed by atoms with van der Waals surface area (Å²) in [6, 6.07) is 9.78. The van der Waals surface area contributed by atoms with E-state index in [1.54, 1.807) is 0 Å². The molecule has 0 bridgehead atoms. The second-order valence-electron chi connectivity index (χ2n) is 6.60. The van der Waals surface area contributed by atoms with Crippen molar-refractivity contribution in [2.45, 2.75) is 51.1 Å². The van der Waals surface area contributed by atoms with Gasteiger partial charge in [-0.05, 0) is 29.9 Å². The molecule has 2 amide bonds. The second-order valence-corrected chi connectivity index (χ2v) is 7.38. The van der Waals surface area contributed by atoms with Gasteiger partial charge in [-0.2, -0.15) is 4.37 Å². The number of hydrogen-bond donors (Lipinski definition) is 3. The van der Waals surface area contributed by atoms with Gasteiger partial charge in [-0.25, -0.2) is 0 Å². The predicted octanol–water partition coefficient (Wildman–Crippen LogP) is 3.11. The maximum Gasteiger partial charge on any atom is 0.273 e. The molecule has 3 rings (SSSR count). The molecular weight excluding hydrogens is 348 g/mol. The van der Waals surface area contributed by atoms with Crippen molar-refractivity contribution in [3.8, 4) is 0 Å². The molecule has 6 nitrogen and oxygen atoms in total. The van der Waals surface area contributed by atoms with Crippen molar-refractivity contribution in [3.05, 3.63) is 46.5 Å². The molecule has 7 heteroatoms. The van der Waals surface area contributed by atoms with Crippen molar-refractivity contribution in [1.29, 1.82) is 0 Å². The molecule has 1 aliphatic rings. The maximum atomic E-state index is 12.5. The summed E-state index contributed by atoms with van der Waals surface area (Å²) in [4.78, 5) is 25.2. The van der Waals surface area contributed by atoms with Crippen LogP contribution in [0.3, 0.4) is 0 Å². The van der Waals surface area contributed by atoms with Crippen LogP contribution in [-0.2, 0) is 6.54 Å². The Kier molecular flexibility index (Phi) is 6.22. The molecule has 138 valence electrons. The summed E-state index contributed by atoms with van der Waals surface area (Å²) < 4.78 is 4.10. The van der Waals surface area contributed by atoms with Gasteiger partial charge in [0, 0.05) is 12.6 Å². The molecule has 0 saturated heterocycles. The minimum absolute atomic E-state index is 0.122. The molecule has 1 saturated carbocycles. The van der Waals surface area contributed by atoms with Gasteiger partial charge in [0.05, 0.1) is 5.69 Å². The number of rotatable bonds is 5. The molecule has 0 unspecified atom stereocenters. The Morgan fingerprint density at radius 2 is 1.77 bits per heavy atom. The third-order valence-electron chi connectivity index (χ3n) is 4.64. The van der Waals surface area contributed by atoms with Crippen LogP contribution in [-0.4, -0.2) is 22.2 Å². The average molecular weight is 372 g/mol. The second kappa shape index (κ2) is 8.80. The van der Waals surface area contributed by atoms with E-state index in [-0.39, 0.29) is 29.2 Å². The number of carbonyl (C=O) groups excluding carboxylic acids is 2. The predicted molar refractivity (Wildman–Crippen MR) is 103 cm³/mol. The fourth-order valence-electron chi connectivity index (χ4n) is 3.16. The van der Waals surface area contributed by atoms with Crippen molar-refractivity contribution in [1.82, 2.24) is 15.0 Å². The lowest BCUT2D eigenvalue weighted by Crippen LogP contribution is -2.34. The van der Waals surface area contributed by atoms with Crippen LogP contribution in [0.5, 0.6) is 0 Å². The summed E-state index contributed by atoms with van der Waals surface area (Å²) in [5, 5.41) is 5.84. The standard InChI is InChI=1S/C19H24N4O2S/c20-15-16(18(24)21-12-13-8-4-3-5-9-13)23-26-17(15)19(25)22-14-10-6-1-2-7-11-14/h3-5,8-9,14H,1-2,6-7,10-12,20H2,(H,21,24)(H,22,25). The Balaban J connectivity index is 1.61. The summed E-state index contributed by atoms with van der Waals surface area (Å²) in [5.41, 5.74) is 7.30. The largest absolute Gasteiger partial charge is 0.395 e. The third kappa shape index (κ3) is 4.60. The third-order valence-corrected chi connectivity index (χ3v) is 5.50. The molecule has 0 radical (unpaired) electrons. The van der Waals surface area contributed by atoms with Crippen molar-refractivity contribution >= 4 is 29.0 Å². The topological polar surface area (TPSA) is 97.1 Å². The Labute approximate surface area is 157 Å². The molecule has 2 aromatic rings. The number of nitrogens with one attached hydrogen (secondary N) is 2. The number of hydrogen-bond acceptors (Lipinski definition) is 5. The van der Waals surface area contributed by atoms with Crippen LogP contribution >= 0.6 is 11.5 Å². The Hall–Kier alpha value is -2.41. The highest BCUT2D eigenvalue weighted by atomic mass is 32.1. The van der Waals surface area contributed by atoms with E-state index in [0.29, 0.717) is 11.4 Å². The summed E-state index contributed by atoms with van der Waals surface area (Å²) in [7, 11) is 0. The number of anilines is 1. The first-order chi connectivity index (χ1) is 12.6. The van der Waals surface area contributed by atoms with E-state index in [9.17, 15) is 9.59 Å². The van der Waals surface area contributed by atoms with Gasteiger partial charge in [-0.1, -0.05) is 56.0 Å². The molecular formula is C19H24N4O2S. The van der Waals surface area contributed by atoms with Crippen LogP contribution in [0.4, 0.5) is 5.69 Å². The van der Waals surface area contributed by atoms with Crippen LogP contribution in [0.1, 0.15) is 64.2 Å². The van der Waals surface area contributed by atoms with E-state index in [1.807, 2.05) is 30.3 Å². The first-order valence-corrected chi connectivity index (χ1v) is 9.80. The first kappa shape index (κ1) is 18.4. The normalized spacial score (nSPS) is 15.2. The molecule has 1 fully saturated rings. The fraction of sp³-hybridized carbons (Fsp3) is 0.421. The molecule has 0 atom stereocenters. The summed E-state index contributed by atoms with van der Waals surface area (Å²) in [5.74, 6) is -0.592. The molecule has 0 spiro atoms. The summed E-state index contributed by atoms with van der Waals surface area (Å²) >= 11 is 0.980. The average Bonchev–Trinajstić information content (AvgIpc) is 2.86. The molecule has 26 heavy (non-hydrogen) atoms. The summed E-state index contributed by atoms with van der Waals surface area (Å²) in [6.07, 6.45) is 6.71. The van der Waals surface area contributed by atoms with Gasteiger partial charge in [0.15, 0.2) is 5.69 Å². The monoisotopic (exact) mass is 372 g/mol. The van der Waals surface area contributed by atoms with Gasteiger partial charge in [-0.15, -0.1) is 0 Å². The Morgan fingerprint density at radius 1 is 1.08 bits per heavy atom. The van der Waals surface area contributed by atoms with Crippen LogP contribution in [0.15, 0.2) is 30.3 Å². The number of nitrogens with zero attached hydrogens (tertiary/aromatic N) is 1. The molecule has 4 N–H and O–H groups in total. The van der Waals surface area contributed by atoms with E-state index in [2.05, 4.69) is 15.0 Å². The molecule has 1 heterocycles. The molecule has 0 aliphatic heterocycles. The Bertz CT molecular complexity index is 752. The fourth-order valence-corrected chi connectivity index (χ4v) is 3.86. The zero-order chi connectivity index (χ0) is 18.4. The van der Waals surface area contributed by atoms with E-state index >= 15 is 0 Å². The van der Waals surface area contributed by atoms with Gasteiger partial charge >= 0.3 is 0 Å². The van der Waals surface area contributed by atoms with Gasteiger partial charge < -0.3 is 16.4 Å². The highest BCUT2D eigenvalue weighted by molar-refractivity contribution is 7.09. The minimum Gasteiger partial charge on any atom is -0.395 e. The van der Waals surface area contributed by atoms with E-state index in [0.717, 1.165) is 42.8 Å². The lowest BCUT2D eigenvalue weighted by atomic mass is 10.1. The van der Waals surface area contributed by atoms with Crippen molar-refractivity contribution < 1.29 is 9.59 Å². The maximum absolute atomic E-state index is 12.5. The smallest absolute Gasteiger partial charge is 0.273 e. The van der Waals surface area contributed by atoms with Crippen LogP contribution in [0.2, 0.25) is 0 Å². The van der Waals surface area contributed by atoms with Crippen LogP contribution in [0.25, 0.3) is 0 Å². The zero-order valence-corrected chi connectivity index (χ0v) is 15.5. The van der Waals surface area contributed by atoms with Gasteiger partial charge in [0.2, 0.25) is 0 Å². The van der Waals surface area contributed by atoms with Crippen LogP contribution < -0.4 is 16.4 Å². The van der Waals surface area contributed by atoms with E-state index < -0.39 is 0 Å². The number of aromatic nitrogens is 1. The number of nitrogens with two attached hydrogens (primary N) is 1. The van der Waals surface area contributed by atoms with Crippen molar-refractivity contribution in [2.75, 3.05) is 5.73 Å². The number of amides is 2. The van der Waals surface area contributed by atoms with Crippen molar-refractivity contribution in [3.63, 3.8) is 0 Å². The Morgan fingerprint density at radius 3 is 2.46 bits per heavy atom. The van der Waals surface area contributed by atoms with Gasteiger partial charge in [-0.3, -0.25) is 9.59 Å². The van der Waals surface area contributed by atoms with Gasteiger partial charge in [0.1, 0.15) is 4.88 Å². The lowest BCUT2D eigenvalue weighted by molar-refractivity contribution is 0.0937. The quantitative estimate of drug-likeness (QED) is 0.703. The van der Waals surface area contributed by atoms with Gasteiger partial charge in [0.25, 0.3) is 11.8 Å². The lowest BCUT2D eigenvalue weighted by Gasteiger charge is -2.15. The molecule has 1 aromatic heterocycles. The number of nitrogen functional groups attached to an aromatic ring is 1. The first-order valence-electron chi connectivity index (χ1n) is 9.03. The zero-order valence-electron chi connectivity index (χ0n) is 14.7. The highest BCUT2D eigenvalue weighted by Crippen LogP contribution is 2.23. The van der Waals surface area contributed by atoms with E-state index in [4.69, 9.17) is 5.73 Å². The molecule has 1 aliphatic carbocycles. The minimum atomic E-state index is -0.365. The molecule has 1 aromatic carbocycles.